The average Bonchev–Trinajstić information content (AvgIpc) is 3.26. The van der Waals surface area contributed by atoms with Crippen LogP contribution in [0.3, 0.4) is 0 Å². The first-order valence-corrected chi connectivity index (χ1v) is 8.62. The Balaban J connectivity index is 1.59. The lowest BCUT2D eigenvalue weighted by Crippen LogP contribution is -2.27. The van der Waals surface area contributed by atoms with E-state index in [1.54, 1.807) is 29.5 Å². The Bertz CT molecular complexity index is 830. The van der Waals surface area contributed by atoms with Crippen molar-refractivity contribution in [1.82, 2.24) is 15.1 Å². The van der Waals surface area contributed by atoms with Crippen LogP contribution in [0.4, 0.5) is 0 Å². The first-order valence-electron chi connectivity index (χ1n) is 7.36. The molecule has 0 fully saturated rings. The highest BCUT2D eigenvalue weighted by Gasteiger charge is 2.12. The van der Waals surface area contributed by atoms with Crippen LogP contribution < -0.4 is 10.1 Å². The summed E-state index contributed by atoms with van der Waals surface area (Å²) in [5, 5.41) is 9.87. The van der Waals surface area contributed by atoms with Crippen LogP contribution in [0, 0.1) is 0 Å². The number of amides is 1. The number of hydrogen-bond acceptors (Lipinski definition) is 4. The Morgan fingerprint density at radius 3 is 3.00 bits per heavy atom. The zero-order chi connectivity index (χ0) is 16.9. The van der Waals surface area contributed by atoms with Crippen molar-refractivity contribution in [3.8, 4) is 16.3 Å². The van der Waals surface area contributed by atoms with Crippen molar-refractivity contribution < 1.29 is 9.53 Å². The first kappa shape index (κ1) is 16.5. The van der Waals surface area contributed by atoms with Crippen LogP contribution in [0.15, 0.2) is 48.0 Å². The van der Waals surface area contributed by atoms with Gasteiger partial charge in [0.25, 0.3) is 5.91 Å². The zero-order valence-electron chi connectivity index (χ0n) is 13.0. The molecule has 0 aliphatic carbocycles. The van der Waals surface area contributed by atoms with Crippen LogP contribution in [0.1, 0.15) is 10.4 Å². The summed E-state index contributed by atoms with van der Waals surface area (Å²) in [4.78, 5) is 13.4. The van der Waals surface area contributed by atoms with E-state index in [9.17, 15) is 4.79 Å². The molecule has 0 unspecified atom stereocenters. The number of benzene rings is 1. The minimum absolute atomic E-state index is 0.222. The van der Waals surface area contributed by atoms with Crippen molar-refractivity contribution in [3.63, 3.8) is 0 Å². The molecule has 2 aromatic heterocycles. The molecule has 124 valence electrons. The number of carbonyl (C=O) groups is 1. The zero-order valence-corrected chi connectivity index (χ0v) is 14.6. The van der Waals surface area contributed by atoms with Crippen LogP contribution in [-0.4, -0.2) is 29.3 Å². The Morgan fingerprint density at radius 1 is 1.38 bits per heavy atom. The average molecular weight is 362 g/mol. The van der Waals surface area contributed by atoms with Crippen molar-refractivity contribution in [1.29, 1.82) is 0 Å². The number of ether oxygens (including phenoxy) is 1. The first-order chi connectivity index (χ1) is 11.7. The molecule has 1 amide bonds. The highest BCUT2D eigenvalue weighted by atomic mass is 35.5. The number of aromatic nitrogens is 2. The molecule has 1 aromatic carbocycles. The molecule has 0 saturated heterocycles. The molecular formula is C17H16ClN3O2S. The molecule has 5 nitrogen and oxygen atoms in total. The Labute approximate surface area is 148 Å². The molecule has 7 heteroatoms. The van der Waals surface area contributed by atoms with Gasteiger partial charge in [-0.2, -0.15) is 5.10 Å². The van der Waals surface area contributed by atoms with Gasteiger partial charge in [-0.15, -0.1) is 11.3 Å². The highest BCUT2D eigenvalue weighted by Crippen LogP contribution is 2.23. The SMILES string of the molecule is COc1ccc(Cl)cc1C(=O)NCCn1ccc(-c2cccs2)n1. The molecule has 24 heavy (non-hydrogen) atoms. The lowest BCUT2D eigenvalue weighted by Gasteiger charge is -2.09. The molecule has 0 saturated carbocycles. The summed E-state index contributed by atoms with van der Waals surface area (Å²) >= 11 is 7.60. The third-order valence-electron chi connectivity index (χ3n) is 3.45. The van der Waals surface area contributed by atoms with E-state index in [4.69, 9.17) is 16.3 Å². The summed E-state index contributed by atoms with van der Waals surface area (Å²) in [6, 6.07) is 11.0. The second kappa shape index (κ2) is 7.51. The smallest absolute Gasteiger partial charge is 0.255 e. The van der Waals surface area contributed by atoms with Gasteiger partial charge in [-0.25, -0.2) is 0 Å². The molecule has 0 spiro atoms. The molecule has 0 bridgehead atoms. The topological polar surface area (TPSA) is 56.1 Å². The third kappa shape index (κ3) is 3.77. The third-order valence-corrected chi connectivity index (χ3v) is 4.57. The van der Waals surface area contributed by atoms with Crippen LogP contribution in [0.5, 0.6) is 5.75 Å². The van der Waals surface area contributed by atoms with Gasteiger partial charge in [-0.05, 0) is 35.7 Å². The Kier molecular flexibility index (Phi) is 5.17. The fourth-order valence-electron chi connectivity index (χ4n) is 2.28. The minimum atomic E-state index is -0.222. The van der Waals surface area contributed by atoms with Crippen molar-refractivity contribution in [2.45, 2.75) is 6.54 Å². The second-order valence-electron chi connectivity index (χ2n) is 5.04. The van der Waals surface area contributed by atoms with Gasteiger partial charge in [0, 0.05) is 17.8 Å². The van der Waals surface area contributed by atoms with Crippen LogP contribution in [0.25, 0.3) is 10.6 Å². The fraction of sp³-hybridized carbons (Fsp3) is 0.176. The van der Waals surface area contributed by atoms with Gasteiger partial charge in [-0.1, -0.05) is 17.7 Å². The summed E-state index contributed by atoms with van der Waals surface area (Å²) in [5.74, 6) is 0.274. The normalized spacial score (nSPS) is 10.6. The van der Waals surface area contributed by atoms with Crippen LogP contribution in [-0.2, 0) is 6.54 Å². The number of hydrogen-bond donors (Lipinski definition) is 1. The van der Waals surface area contributed by atoms with Gasteiger partial charge in [0.2, 0.25) is 0 Å². The van der Waals surface area contributed by atoms with Crippen LogP contribution >= 0.6 is 22.9 Å². The van der Waals surface area contributed by atoms with E-state index in [0.29, 0.717) is 29.4 Å². The van der Waals surface area contributed by atoms with Crippen molar-refractivity contribution in [3.05, 3.63) is 58.6 Å². The molecule has 2 heterocycles. The fourth-order valence-corrected chi connectivity index (χ4v) is 3.14. The molecule has 1 N–H and O–H groups in total. The number of nitrogens with zero attached hydrogens (tertiary/aromatic N) is 2. The summed E-state index contributed by atoms with van der Waals surface area (Å²) in [6.07, 6.45) is 1.90. The Hall–Kier alpha value is -2.31. The molecule has 3 rings (SSSR count). The lowest BCUT2D eigenvalue weighted by molar-refractivity contribution is 0.0949. The molecule has 0 atom stereocenters. The van der Waals surface area contributed by atoms with Crippen LogP contribution in [0.2, 0.25) is 5.02 Å². The van der Waals surface area contributed by atoms with Gasteiger partial charge < -0.3 is 10.1 Å². The highest BCUT2D eigenvalue weighted by molar-refractivity contribution is 7.13. The van der Waals surface area contributed by atoms with Gasteiger partial charge in [0.1, 0.15) is 11.4 Å². The maximum Gasteiger partial charge on any atom is 0.255 e. The summed E-state index contributed by atoms with van der Waals surface area (Å²) in [6.45, 7) is 1.04. The summed E-state index contributed by atoms with van der Waals surface area (Å²) in [7, 11) is 1.52. The van der Waals surface area contributed by atoms with Crippen molar-refractivity contribution >= 4 is 28.8 Å². The van der Waals surface area contributed by atoms with E-state index in [1.807, 2.05) is 34.5 Å². The number of carbonyl (C=O) groups excluding carboxylic acids is 1. The predicted molar refractivity (Wildman–Crippen MR) is 95.9 cm³/mol. The molecule has 0 aliphatic rings. The van der Waals surface area contributed by atoms with Gasteiger partial charge >= 0.3 is 0 Å². The van der Waals surface area contributed by atoms with E-state index in [1.165, 1.54) is 7.11 Å². The van der Waals surface area contributed by atoms with Gasteiger partial charge in [-0.3, -0.25) is 9.48 Å². The van der Waals surface area contributed by atoms with E-state index in [0.717, 1.165) is 10.6 Å². The second-order valence-corrected chi connectivity index (χ2v) is 6.43. The van der Waals surface area contributed by atoms with E-state index in [-0.39, 0.29) is 5.91 Å². The van der Waals surface area contributed by atoms with Gasteiger partial charge in [0.15, 0.2) is 0 Å². The number of rotatable bonds is 6. The van der Waals surface area contributed by atoms with E-state index in [2.05, 4.69) is 10.4 Å². The van der Waals surface area contributed by atoms with Crippen molar-refractivity contribution in [2.75, 3.05) is 13.7 Å². The standard InChI is InChI=1S/C17H16ClN3O2S/c1-23-15-5-4-12(18)11-13(15)17(22)19-7-9-21-8-6-14(20-21)16-3-2-10-24-16/h2-6,8,10-11H,7,9H2,1H3,(H,19,22). The number of nitrogens with one attached hydrogen (secondary N) is 1. The number of methoxy groups -OCH3 is 1. The monoisotopic (exact) mass is 361 g/mol. The quantitative estimate of drug-likeness (QED) is 0.728. The molecule has 0 radical (unpaired) electrons. The molecular weight excluding hydrogens is 346 g/mol. The van der Waals surface area contributed by atoms with E-state index < -0.39 is 0 Å². The summed E-state index contributed by atoms with van der Waals surface area (Å²) < 4.78 is 7.00. The van der Waals surface area contributed by atoms with Gasteiger partial charge in [0.05, 0.1) is 24.1 Å². The summed E-state index contributed by atoms with van der Waals surface area (Å²) in [5.41, 5.74) is 1.36. The largest absolute Gasteiger partial charge is 0.496 e. The van der Waals surface area contributed by atoms with E-state index >= 15 is 0 Å². The number of halogens is 1. The lowest BCUT2D eigenvalue weighted by atomic mass is 10.2. The Morgan fingerprint density at radius 2 is 2.25 bits per heavy atom. The minimum Gasteiger partial charge on any atom is -0.496 e. The predicted octanol–water partition coefficient (Wildman–Crippen LogP) is 3.70. The maximum absolute atomic E-state index is 12.3. The maximum atomic E-state index is 12.3. The molecule has 0 aliphatic heterocycles. The van der Waals surface area contributed by atoms with Crippen molar-refractivity contribution in [2.24, 2.45) is 0 Å². The number of thiophene rings is 1. The molecule has 3 aromatic rings.